The highest BCUT2D eigenvalue weighted by atomic mass is 16.3. The van der Waals surface area contributed by atoms with Crippen molar-refractivity contribution >= 4 is 55.4 Å². The fourth-order valence-corrected chi connectivity index (χ4v) is 5.01. The van der Waals surface area contributed by atoms with Crippen LogP contribution in [0.3, 0.4) is 0 Å². The maximum atomic E-state index is 13.5. The molecule has 0 N–H and O–H groups in total. The first-order valence-corrected chi connectivity index (χ1v) is 11.7. The minimum Gasteiger partial charge on any atom is -0.456 e. The molecule has 5 aromatic carbocycles. The SMILES string of the molecule is O=C(c1ccc(C(=O)c2cccc3oc4ccccc4c23)cc1)c1cccc2oc3ccccc3c12. The average Bonchev–Trinajstić information content (AvgIpc) is 3.50. The summed E-state index contributed by atoms with van der Waals surface area (Å²) in [5, 5.41) is 3.42. The molecule has 0 aliphatic carbocycles. The Morgan fingerprint density at radius 2 is 0.806 bits per heavy atom. The predicted molar refractivity (Wildman–Crippen MR) is 141 cm³/mol. The number of carbonyl (C=O) groups is 2. The number of benzene rings is 5. The average molecular weight is 466 g/mol. The van der Waals surface area contributed by atoms with Crippen molar-refractivity contribution in [3.05, 3.63) is 131 Å². The summed E-state index contributed by atoms with van der Waals surface area (Å²) >= 11 is 0. The van der Waals surface area contributed by atoms with Gasteiger partial charge < -0.3 is 8.83 Å². The maximum absolute atomic E-state index is 13.5. The van der Waals surface area contributed by atoms with E-state index in [1.54, 1.807) is 24.3 Å². The lowest BCUT2D eigenvalue weighted by atomic mass is 9.95. The van der Waals surface area contributed by atoms with Gasteiger partial charge in [-0.2, -0.15) is 0 Å². The first-order chi connectivity index (χ1) is 17.7. The van der Waals surface area contributed by atoms with E-state index in [0.29, 0.717) is 33.4 Å². The number of rotatable bonds is 4. The molecule has 2 heterocycles. The lowest BCUT2D eigenvalue weighted by molar-refractivity contribution is 0.102. The van der Waals surface area contributed by atoms with Crippen LogP contribution in [0.1, 0.15) is 31.8 Å². The Morgan fingerprint density at radius 1 is 0.417 bits per heavy atom. The highest BCUT2D eigenvalue weighted by molar-refractivity contribution is 6.23. The van der Waals surface area contributed by atoms with Crippen LogP contribution >= 0.6 is 0 Å². The summed E-state index contributed by atoms with van der Waals surface area (Å²) in [5.41, 5.74) is 5.01. The molecule has 0 radical (unpaired) electrons. The lowest BCUT2D eigenvalue weighted by Crippen LogP contribution is -2.05. The molecule has 0 aliphatic heterocycles. The molecule has 170 valence electrons. The third-order valence-corrected chi connectivity index (χ3v) is 6.70. The molecule has 7 rings (SSSR count). The zero-order valence-electron chi connectivity index (χ0n) is 19.0. The van der Waals surface area contributed by atoms with Crippen molar-refractivity contribution in [2.24, 2.45) is 0 Å². The first kappa shape index (κ1) is 20.4. The van der Waals surface area contributed by atoms with Crippen molar-refractivity contribution in [1.82, 2.24) is 0 Å². The van der Waals surface area contributed by atoms with Crippen LogP contribution < -0.4 is 0 Å². The second-order valence-corrected chi connectivity index (χ2v) is 8.79. The van der Waals surface area contributed by atoms with Gasteiger partial charge in [-0.25, -0.2) is 0 Å². The molecule has 0 saturated carbocycles. The van der Waals surface area contributed by atoms with E-state index in [2.05, 4.69) is 0 Å². The maximum Gasteiger partial charge on any atom is 0.193 e. The van der Waals surface area contributed by atoms with Gasteiger partial charge in [-0.15, -0.1) is 0 Å². The summed E-state index contributed by atoms with van der Waals surface area (Å²) in [4.78, 5) is 27.0. The van der Waals surface area contributed by atoms with Crippen LogP contribution in [-0.2, 0) is 0 Å². The molecular weight excluding hydrogens is 448 g/mol. The molecule has 0 aliphatic rings. The van der Waals surface area contributed by atoms with Gasteiger partial charge in [0.1, 0.15) is 22.3 Å². The van der Waals surface area contributed by atoms with Crippen LogP contribution in [0.5, 0.6) is 0 Å². The van der Waals surface area contributed by atoms with Gasteiger partial charge in [0, 0.05) is 43.8 Å². The first-order valence-electron chi connectivity index (χ1n) is 11.7. The van der Waals surface area contributed by atoms with Gasteiger partial charge >= 0.3 is 0 Å². The second-order valence-electron chi connectivity index (χ2n) is 8.79. The van der Waals surface area contributed by atoms with Crippen molar-refractivity contribution in [3.8, 4) is 0 Å². The highest BCUT2D eigenvalue weighted by Gasteiger charge is 2.20. The van der Waals surface area contributed by atoms with E-state index in [1.807, 2.05) is 84.9 Å². The Kier molecular flexibility index (Phi) is 4.42. The van der Waals surface area contributed by atoms with E-state index in [4.69, 9.17) is 8.83 Å². The molecular formula is C32H18O4. The van der Waals surface area contributed by atoms with Crippen LogP contribution in [0, 0.1) is 0 Å². The van der Waals surface area contributed by atoms with Gasteiger partial charge in [-0.1, -0.05) is 84.9 Å². The number of hydrogen-bond acceptors (Lipinski definition) is 4. The van der Waals surface area contributed by atoms with E-state index in [0.717, 1.165) is 32.7 Å². The van der Waals surface area contributed by atoms with Crippen molar-refractivity contribution < 1.29 is 18.4 Å². The van der Waals surface area contributed by atoms with Gasteiger partial charge in [0.2, 0.25) is 0 Å². The molecule has 4 heteroatoms. The van der Waals surface area contributed by atoms with Gasteiger partial charge in [0.15, 0.2) is 11.6 Å². The molecule has 0 atom stereocenters. The topological polar surface area (TPSA) is 60.4 Å². The van der Waals surface area contributed by atoms with Gasteiger partial charge in [-0.3, -0.25) is 9.59 Å². The summed E-state index contributed by atoms with van der Waals surface area (Å²) in [6.45, 7) is 0. The van der Waals surface area contributed by atoms with Crippen LogP contribution in [0.2, 0.25) is 0 Å². The zero-order valence-corrected chi connectivity index (χ0v) is 19.0. The van der Waals surface area contributed by atoms with Crippen LogP contribution in [-0.4, -0.2) is 11.6 Å². The Labute approximate surface area is 205 Å². The summed E-state index contributed by atoms with van der Waals surface area (Å²) in [5.74, 6) is -0.233. The normalized spacial score (nSPS) is 11.6. The highest BCUT2D eigenvalue weighted by Crippen LogP contribution is 2.34. The van der Waals surface area contributed by atoms with Gasteiger partial charge in [0.05, 0.1) is 0 Å². The molecule has 0 fully saturated rings. The zero-order chi connectivity index (χ0) is 24.2. The minimum atomic E-state index is -0.117. The third-order valence-electron chi connectivity index (χ3n) is 6.70. The Hall–Kier alpha value is -4.96. The molecule has 0 bridgehead atoms. The minimum absolute atomic E-state index is 0.117. The van der Waals surface area contributed by atoms with E-state index in [1.165, 1.54) is 0 Å². The van der Waals surface area contributed by atoms with Crippen LogP contribution in [0.25, 0.3) is 43.9 Å². The molecule has 7 aromatic rings. The van der Waals surface area contributed by atoms with E-state index in [-0.39, 0.29) is 11.6 Å². The fourth-order valence-electron chi connectivity index (χ4n) is 5.01. The summed E-state index contributed by atoms with van der Waals surface area (Å²) < 4.78 is 11.9. The summed E-state index contributed by atoms with van der Waals surface area (Å²) in [6, 6.07) is 33.3. The smallest absolute Gasteiger partial charge is 0.193 e. The second kappa shape index (κ2) is 7.79. The summed E-state index contributed by atoms with van der Waals surface area (Å²) in [7, 11) is 0. The number of carbonyl (C=O) groups excluding carboxylic acids is 2. The van der Waals surface area contributed by atoms with Crippen LogP contribution in [0.15, 0.2) is 118 Å². The molecule has 0 spiro atoms. The van der Waals surface area contributed by atoms with E-state index in [9.17, 15) is 9.59 Å². The van der Waals surface area contributed by atoms with Gasteiger partial charge in [0.25, 0.3) is 0 Å². The van der Waals surface area contributed by atoms with E-state index < -0.39 is 0 Å². The van der Waals surface area contributed by atoms with Crippen molar-refractivity contribution in [2.45, 2.75) is 0 Å². The standard InChI is InChI=1S/C32H18O4/c33-31(23-9-5-13-27-29(23)21-7-1-3-11-25(21)35-27)19-15-17-20(18-16-19)32(34)24-10-6-14-28-30(24)22-8-2-4-12-26(22)36-28/h1-18H. The number of hydrogen-bond donors (Lipinski definition) is 0. The molecule has 2 aromatic heterocycles. The number of furan rings is 2. The van der Waals surface area contributed by atoms with Crippen molar-refractivity contribution in [1.29, 1.82) is 0 Å². The monoisotopic (exact) mass is 466 g/mol. The molecule has 0 amide bonds. The van der Waals surface area contributed by atoms with Gasteiger partial charge in [-0.05, 0) is 24.3 Å². The Balaban J connectivity index is 1.28. The molecule has 0 unspecified atom stereocenters. The number of fused-ring (bicyclic) bond motifs is 6. The van der Waals surface area contributed by atoms with Crippen molar-refractivity contribution in [2.75, 3.05) is 0 Å². The quantitative estimate of drug-likeness (QED) is 0.247. The van der Waals surface area contributed by atoms with Crippen molar-refractivity contribution in [3.63, 3.8) is 0 Å². The molecule has 0 saturated heterocycles. The Morgan fingerprint density at radius 3 is 1.25 bits per heavy atom. The third kappa shape index (κ3) is 3.01. The molecule has 36 heavy (non-hydrogen) atoms. The van der Waals surface area contributed by atoms with Crippen LogP contribution in [0.4, 0.5) is 0 Å². The fraction of sp³-hybridized carbons (Fsp3) is 0. The Bertz CT molecular complexity index is 1820. The van der Waals surface area contributed by atoms with E-state index >= 15 is 0 Å². The predicted octanol–water partition coefficient (Wildman–Crippen LogP) is 7.95. The number of para-hydroxylation sites is 2. The largest absolute Gasteiger partial charge is 0.456 e. The molecule has 4 nitrogen and oxygen atoms in total. The number of ketones is 2. The summed E-state index contributed by atoms with van der Waals surface area (Å²) in [6.07, 6.45) is 0. The lowest BCUT2D eigenvalue weighted by Gasteiger charge is -2.06.